The molecule has 0 spiro atoms. The maximum atomic E-state index is 12.2. The van der Waals surface area contributed by atoms with Crippen molar-refractivity contribution >= 4 is 16.7 Å². The third kappa shape index (κ3) is 2.15. The van der Waals surface area contributed by atoms with Crippen molar-refractivity contribution in [1.82, 2.24) is 20.0 Å². The highest BCUT2D eigenvalue weighted by molar-refractivity contribution is 5.76. The summed E-state index contributed by atoms with van der Waals surface area (Å²) in [5.74, 6) is 0.416. The maximum absolute atomic E-state index is 12.2. The number of nitrogens with two attached hydrogens (primary N) is 1. The molecule has 0 aliphatic rings. The highest BCUT2D eigenvalue weighted by atomic mass is 16.1. The molecule has 3 rings (SSSR count). The molecule has 0 saturated heterocycles. The van der Waals surface area contributed by atoms with Gasteiger partial charge in [0.15, 0.2) is 0 Å². The normalized spacial score (nSPS) is 10.7. The maximum Gasteiger partial charge on any atom is 0.277 e. The standard InChI is InChI=1S/C13H11N5O/c14-12-7-3-4-9(15-12)8-18-13(19)10-5-1-2-6-11(10)16-17-18/h1-7H,8H2,(H2,14,15). The summed E-state index contributed by atoms with van der Waals surface area (Å²) in [6.07, 6.45) is 0. The number of hydrogen-bond acceptors (Lipinski definition) is 5. The molecular formula is C13H11N5O. The van der Waals surface area contributed by atoms with Crippen molar-refractivity contribution in [1.29, 1.82) is 0 Å². The van der Waals surface area contributed by atoms with Gasteiger partial charge in [-0.2, -0.15) is 0 Å². The van der Waals surface area contributed by atoms with Crippen LogP contribution in [-0.4, -0.2) is 20.0 Å². The van der Waals surface area contributed by atoms with Crippen LogP contribution >= 0.6 is 0 Å². The van der Waals surface area contributed by atoms with Gasteiger partial charge in [-0.25, -0.2) is 9.67 Å². The van der Waals surface area contributed by atoms with E-state index < -0.39 is 0 Å². The smallest absolute Gasteiger partial charge is 0.277 e. The zero-order valence-electron chi connectivity index (χ0n) is 10.0. The van der Waals surface area contributed by atoms with Crippen LogP contribution in [0.2, 0.25) is 0 Å². The van der Waals surface area contributed by atoms with Crippen LogP contribution in [0.4, 0.5) is 5.82 Å². The molecule has 6 heteroatoms. The minimum Gasteiger partial charge on any atom is -0.384 e. The van der Waals surface area contributed by atoms with Gasteiger partial charge in [-0.05, 0) is 24.3 Å². The van der Waals surface area contributed by atoms with E-state index in [2.05, 4.69) is 15.3 Å². The van der Waals surface area contributed by atoms with Crippen LogP contribution in [0, 0.1) is 0 Å². The Bertz CT molecular complexity index is 796. The number of aromatic nitrogens is 4. The molecule has 0 bridgehead atoms. The molecule has 0 saturated carbocycles. The lowest BCUT2D eigenvalue weighted by molar-refractivity contribution is 0.592. The summed E-state index contributed by atoms with van der Waals surface area (Å²) in [6, 6.07) is 12.4. The average molecular weight is 253 g/mol. The largest absolute Gasteiger partial charge is 0.384 e. The van der Waals surface area contributed by atoms with Gasteiger partial charge in [-0.15, -0.1) is 5.10 Å². The fourth-order valence-electron chi connectivity index (χ4n) is 1.87. The number of anilines is 1. The van der Waals surface area contributed by atoms with Crippen molar-refractivity contribution < 1.29 is 0 Å². The van der Waals surface area contributed by atoms with E-state index in [-0.39, 0.29) is 12.1 Å². The number of nitrogen functional groups attached to an aromatic ring is 1. The molecule has 2 aromatic heterocycles. The fourth-order valence-corrected chi connectivity index (χ4v) is 1.87. The number of pyridine rings is 1. The van der Waals surface area contributed by atoms with Gasteiger partial charge in [0.1, 0.15) is 11.3 Å². The Balaban J connectivity index is 2.06. The number of rotatable bonds is 2. The Morgan fingerprint density at radius 2 is 1.95 bits per heavy atom. The second kappa shape index (κ2) is 4.49. The van der Waals surface area contributed by atoms with E-state index in [9.17, 15) is 4.79 Å². The lowest BCUT2D eigenvalue weighted by atomic mass is 10.2. The van der Waals surface area contributed by atoms with Crippen LogP contribution in [0.15, 0.2) is 47.3 Å². The topological polar surface area (TPSA) is 86.7 Å². The van der Waals surface area contributed by atoms with Crippen LogP contribution in [0.3, 0.4) is 0 Å². The molecule has 6 nitrogen and oxygen atoms in total. The van der Waals surface area contributed by atoms with Crippen LogP contribution in [0.1, 0.15) is 5.69 Å². The Labute approximate surface area is 108 Å². The van der Waals surface area contributed by atoms with E-state index >= 15 is 0 Å². The SMILES string of the molecule is Nc1cccc(Cn2nnc3ccccc3c2=O)n1. The highest BCUT2D eigenvalue weighted by Gasteiger charge is 2.06. The van der Waals surface area contributed by atoms with E-state index in [1.54, 1.807) is 36.4 Å². The zero-order valence-corrected chi connectivity index (χ0v) is 10.0. The summed E-state index contributed by atoms with van der Waals surface area (Å²) in [5, 5.41) is 8.46. The van der Waals surface area contributed by atoms with Crippen molar-refractivity contribution in [2.24, 2.45) is 0 Å². The highest BCUT2D eigenvalue weighted by Crippen LogP contribution is 2.05. The number of fused-ring (bicyclic) bond motifs is 1. The van der Waals surface area contributed by atoms with Crippen molar-refractivity contribution in [3.05, 3.63) is 58.5 Å². The molecule has 0 radical (unpaired) electrons. The van der Waals surface area contributed by atoms with Crippen LogP contribution < -0.4 is 11.3 Å². The van der Waals surface area contributed by atoms with E-state index in [1.807, 2.05) is 6.07 Å². The van der Waals surface area contributed by atoms with Crippen molar-refractivity contribution in [2.75, 3.05) is 5.73 Å². The second-order valence-electron chi connectivity index (χ2n) is 4.12. The molecule has 0 aliphatic carbocycles. The second-order valence-corrected chi connectivity index (χ2v) is 4.12. The van der Waals surface area contributed by atoms with E-state index in [4.69, 9.17) is 5.73 Å². The summed E-state index contributed by atoms with van der Waals surface area (Å²) in [7, 11) is 0. The third-order valence-electron chi connectivity index (χ3n) is 2.77. The summed E-state index contributed by atoms with van der Waals surface area (Å²) in [4.78, 5) is 16.4. The minimum absolute atomic E-state index is 0.185. The Hall–Kier alpha value is -2.76. The van der Waals surface area contributed by atoms with Crippen molar-refractivity contribution in [3.63, 3.8) is 0 Å². The van der Waals surface area contributed by atoms with Gasteiger partial charge in [0, 0.05) is 0 Å². The molecule has 2 heterocycles. The van der Waals surface area contributed by atoms with Gasteiger partial charge in [0.25, 0.3) is 5.56 Å². The quantitative estimate of drug-likeness (QED) is 0.730. The monoisotopic (exact) mass is 253 g/mol. The summed E-state index contributed by atoms with van der Waals surface area (Å²) < 4.78 is 1.28. The Morgan fingerprint density at radius 1 is 1.11 bits per heavy atom. The summed E-state index contributed by atoms with van der Waals surface area (Å²) in [6.45, 7) is 0.252. The Kier molecular flexibility index (Phi) is 2.68. The summed E-state index contributed by atoms with van der Waals surface area (Å²) in [5.41, 5.74) is 6.68. The third-order valence-corrected chi connectivity index (χ3v) is 2.77. The minimum atomic E-state index is -0.185. The van der Waals surface area contributed by atoms with Crippen LogP contribution in [0.25, 0.3) is 10.9 Å². The lowest BCUT2D eigenvalue weighted by Gasteiger charge is -2.04. The molecule has 0 aliphatic heterocycles. The van der Waals surface area contributed by atoms with Crippen molar-refractivity contribution in [3.8, 4) is 0 Å². The van der Waals surface area contributed by atoms with Gasteiger partial charge in [0.2, 0.25) is 0 Å². The predicted octanol–water partition coefficient (Wildman–Crippen LogP) is 0.817. The first-order valence-electron chi connectivity index (χ1n) is 5.78. The molecule has 0 amide bonds. The van der Waals surface area contributed by atoms with Gasteiger partial charge >= 0.3 is 0 Å². The fraction of sp³-hybridized carbons (Fsp3) is 0.0769. The van der Waals surface area contributed by atoms with Crippen LogP contribution in [0.5, 0.6) is 0 Å². The summed E-state index contributed by atoms with van der Waals surface area (Å²) >= 11 is 0. The lowest BCUT2D eigenvalue weighted by Crippen LogP contribution is -2.25. The van der Waals surface area contributed by atoms with Gasteiger partial charge < -0.3 is 5.73 Å². The zero-order chi connectivity index (χ0) is 13.2. The molecule has 19 heavy (non-hydrogen) atoms. The Morgan fingerprint density at radius 3 is 2.79 bits per heavy atom. The number of benzene rings is 1. The number of hydrogen-bond donors (Lipinski definition) is 1. The van der Waals surface area contributed by atoms with Gasteiger partial charge in [-0.3, -0.25) is 4.79 Å². The van der Waals surface area contributed by atoms with Gasteiger partial charge in [-0.1, -0.05) is 23.4 Å². The molecule has 2 N–H and O–H groups in total. The first-order chi connectivity index (χ1) is 9.24. The molecule has 1 aromatic carbocycles. The first kappa shape index (κ1) is 11.3. The molecule has 0 fully saturated rings. The van der Waals surface area contributed by atoms with E-state index in [0.717, 1.165) is 0 Å². The van der Waals surface area contributed by atoms with Gasteiger partial charge in [0.05, 0.1) is 17.6 Å². The molecule has 0 atom stereocenters. The number of nitrogens with zero attached hydrogens (tertiary/aromatic N) is 4. The molecule has 3 aromatic rings. The average Bonchev–Trinajstić information content (AvgIpc) is 2.42. The molecular weight excluding hydrogens is 242 g/mol. The van der Waals surface area contributed by atoms with Crippen LogP contribution in [-0.2, 0) is 6.54 Å². The first-order valence-corrected chi connectivity index (χ1v) is 5.78. The molecule has 94 valence electrons. The van der Waals surface area contributed by atoms with Crippen molar-refractivity contribution in [2.45, 2.75) is 6.54 Å². The van der Waals surface area contributed by atoms with E-state index in [1.165, 1.54) is 4.68 Å². The predicted molar refractivity (Wildman–Crippen MR) is 71.5 cm³/mol. The molecule has 0 unspecified atom stereocenters. The van der Waals surface area contributed by atoms with E-state index in [0.29, 0.717) is 22.4 Å².